The minimum Gasteiger partial charge on any atom is -0.341 e. The van der Waals surface area contributed by atoms with E-state index in [-0.39, 0.29) is 22.9 Å². The summed E-state index contributed by atoms with van der Waals surface area (Å²) in [6, 6.07) is 12.5. The zero-order valence-electron chi connectivity index (χ0n) is 21.0. The van der Waals surface area contributed by atoms with Crippen molar-refractivity contribution in [2.45, 2.75) is 60.0 Å². The third kappa shape index (κ3) is 5.14. The van der Waals surface area contributed by atoms with Gasteiger partial charge in [-0.1, -0.05) is 71.6 Å². The second-order valence-electron chi connectivity index (χ2n) is 11.3. The van der Waals surface area contributed by atoms with E-state index in [0.717, 1.165) is 51.1 Å². The van der Waals surface area contributed by atoms with E-state index in [1.54, 1.807) is 0 Å². The molecule has 1 aliphatic rings. The third-order valence-corrected chi connectivity index (χ3v) is 6.39. The molecule has 0 saturated carbocycles. The van der Waals surface area contributed by atoms with Crippen molar-refractivity contribution < 1.29 is 0 Å². The highest BCUT2D eigenvalue weighted by Crippen LogP contribution is 2.31. The van der Waals surface area contributed by atoms with Gasteiger partial charge in [0.15, 0.2) is 0 Å². The Morgan fingerprint density at radius 2 is 1.56 bits per heavy atom. The number of aliphatic imine (C=N–C) groups is 1. The van der Waals surface area contributed by atoms with Crippen LogP contribution in [-0.4, -0.2) is 21.7 Å². The predicted molar refractivity (Wildman–Crippen MR) is 142 cm³/mol. The van der Waals surface area contributed by atoms with Gasteiger partial charge >= 0.3 is 0 Å². The topological polar surface area (TPSA) is 93.1 Å². The Morgan fingerprint density at radius 3 is 2.26 bits per heavy atom. The molecule has 2 atom stereocenters. The number of rotatable bonds is 3. The van der Waals surface area contributed by atoms with E-state index in [1.807, 2.05) is 12.4 Å². The van der Waals surface area contributed by atoms with E-state index >= 15 is 0 Å². The number of hydrogen-bond acceptors (Lipinski definition) is 4. The fourth-order valence-electron chi connectivity index (χ4n) is 3.91. The van der Waals surface area contributed by atoms with Crippen molar-refractivity contribution in [3.63, 3.8) is 0 Å². The van der Waals surface area contributed by atoms with E-state index in [1.165, 1.54) is 0 Å². The molecule has 0 bridgehead atoms. The van der Waals surface area contributed by atoms with Gasteiger partial charge in [-0.15, -0.1) is 0 Å². The van der Waals surface area contributed by atoms with Gasteiger partial charge in [-0.2, -0.15) is 0 Å². The summed E-state index contributed by atoms with van der Waals surface area (Å²) in [7, 11) is 0. The van der Waals surface area contributed by atoms with E-state index in [9.17, 15) is 0 Å². The summed E-state index contributed by atoms with van der Waals surface area (Å²) in [6.07, 6.45) is 4.44. The van der Waals surface area contributed by atoms with Crippen molar-refractivity contribution in [2.75, 3.05) is 0 Å². The Balaban J connectivity index is 1.49. The Labute approximate surface area is 202 Å². The first-order valence-electron chi connectivity index (χ1n) is 11.8. The molecule has 0 fully saturated rings. The van der Waals surface area contributed by atoms with Gasteiger partial charge in [0.25, 0.3) is 0 Å². The summed E-state index contributed by atoms with van der Waals surface area (Å²) in [5, 5.41) is 2.30. The first kappa shape index (κ1) is 23.9. The van der Waals surface area contributed by atoms with Gasteiger partial charge in [0.2, 0.25) is 0 Å². The average Bonchev–Trinajstić information content (AvgIpc) is 3.45. The van der Waals surface area contributed by atoms with Crippen molar-refractivity contribution in [1.82, 2.24) is 9.97 Å². The first-order chi connectivity index (χ1) is 15.9. The quantitative estimate of drug-likeness (QED) is 0.442. The Bertz CT molecular complexity index is 1330. The summed E-state index contributed by atoms with van der Waals surface area (Å²) < 4.78 is 0. The lowest BCUT2D eigenvalue weighted by atomic mass is 9.83. The lowest BCUT2D eigenvalue weighted by Crippen LogP contribution is -2.41. The van der Waals surface area contributed by atoms with Crippen molar-refractivity contribution >= 4 is 16.5 Å². The number of fused-ring (bicyclic) bond motifs is 1. The lowest BCUT2D eigenvalue weighted by molar-refractivity contribution is 0.317. The van der Waals surface area contributed by atoms with Gasteiger partial charge in [0.05, 0.1) is 17.9 Å². The maximum atomic E-state index is 6.36. The zero-order valence-corrected chi connectivity index (χ0v) is 21.0. The number of nitrogens with zero attached hydrogens (tertiary/aromatic N) is 2. The maximum absolute atomic E-state index is 6.36. The number of hydrogen-bond donors (Lipinski definition) is 3. The van der Waals surface area contributed by atoms with Crippen LogP contribution < -0.4 is 11.5 Å². The summed E-state index contributed by atoms with van der Waals surface area (Å²) in [4.78, 5) is 12.4. The van der Waals surface area contributed by atoms with Gasteiger partial charge in [-0.05, 0) is 39.8 Å². The molecular weight excluding hydrogens is 418 g/mol. The Hall–Kier alpha value is -3.20. The standard InChI is InChI=1S/C29H35N5/c1-28(2,3)25(30)23-14-19(16-32-23)8-7-18-9-10-21-15-22(12-11-20(21)13-18)24-17-33-27(34-24)26(31)29(4,5)6/h9-13,15-17,25-26H,14,30-31H2,1-6H3,(H,33,34)/t25-,26-/m1/s1. The molecule has 0 radical (unpaired) electrons. The number of allylic oxidation sites excluding steroid dienone is 1. The van der Waals surface area contributed by atoms with E-state index in [4.69, 9.17) is 11.5 Å². The second-order valence-corrected chi connectivity index (χ2v) is 11.3. The molecule has 5 N–H and O–H groups in total. The highest BCUT2D eigenvalue weighted by Gasteiger charge is 2.27. The molecule has 0 amide bonds. The van der Waals surface area contributed by atoms with Crippen LogP contribution in [0.25, 0.3) is 22.0 Å². The zero-order chi connectivity index (χ0) is 24.7. The molecule has 0 aliphatic carbocycles. The summed E-state index contributed by atoms with van der Waals surface area (Å²) in [5.74, 6) is 7.38. The van der Waals surface area contributed by atoms with Crippen LogP contribution in [-0.2, 0) is 0 Å². The molecule has 3 aromatic rings. The molecule has 0 saturated heterocycles. The van der Waals surface area contributed by atoms with Crippen molar-refractivity contribution in [2.24, 2.45) is 27.3 Å². The van der Waals surface area contributed by atoms with Crippen LogP contribution in [0, 0.1) is 22.7 Å². The van der Waals surface area contributed by atoms with Crippen molar-refractivity contribution in [3.05, 3.63) is 65.8 Å². The summed E-state index contributed by atoms with van der Waals surface area (Å²) >= 11 is 0. The van der Waals surface area contributed by atoms with Gasteiger partial charge < -0.3 is 16.5 Å². The van der Waals surface area contributed by atoms with Gasteiger partial charge in [0, 0.05) is 41.1 Å². The van der Waals surface area contributed by atoms with Crippen LogP contribution >= 0.6 is 0 Å². The Kier molecular flexibility index (Phi) is 6.24. The van der Waals surface area contributed by atoms with Crippen LogP contribution in [0.2, 0.25) is 0 Å². The fraction of sp³-hybridized carbons (Fsp3) is 0.379. The number of imidazole rings is 1. The minimum atomic E-state index is -0.150. The van der Waals surface area contributed by atoms with Crippen LogP contribution in [0.3, 0.4) is 0 Å². The second kappa shape index (κ2) is 8.87. The van der Waals surface area contributed by atoms with Crippen LogP contribution in [0.1, 0.15) is 65.4 Å². The van der Waals surface area contributed by atoms with Crippen LogP contribution in [0.5, 0.6) is 0 Å². The molecule has 34 heavy (non-hydrogen) atoms. The van der Waals surface area contributed by atoms with Crippen molar-refractivity contribution in [3.8, 4) is 23.1 Å². The number of nitrogens with two attached hydrogens (primary N) is 2. The largest absolute Gasteiger partial charge is 0.341 e. The summed E-state index contributed by atoms with van der Waals surface area (Å²) in [6.45, 7) is 12.8. The van der Waals surface area contributed by atoms with Gasteiger partial charge in [-0.25, -0.2) is 4.98 Å². The molecule has 2 heterocycles. The van der Waals surface area contributed by atoms with Crippen LogP contribution in [0.15, 0.2) is 59.4 Å². The van der Waals surface area contributed by atoms with Gasteiger partial charge in [-0.3, -0.25) is 4.99 Å². The molecule has 0 unspecified atom stereocenters. The molecule has 176 valence electrons. The highest BCUT2D eigenvalue weighted by molar-refractivity contribution is 5.95. The van der Waals surface area contributed by atoms with E-state index in [2.05, 4.69) is 105 Å². The molecule has 1 aromatic heterocycles. The normalized spacial score (nSPS) is 16.0. The molecule has 1 aliphatic heterocycles. The maximum Gasteiger partial charge on any atom is 0.124 e. The first-order valence-corrected chi connectivity index (χ1v) is 11.8. The summed E-state index contributed by atoms with van der Waals surface area (Å²) in [5.41, 5.74) is 17.7. The lowest BCUT2D eigenvalue weighted by Gasteiger charge is -2.27. The van der Waals surface area contributed by atoms with Crippen molar-refractivity contribution in [1.29, 1.82) is 0 Å². The molecule has 5 heteroatoms. The SMILES string of the molecule is CC(C)(C)[C@H](N)C1=NC=C(C#Cc2ccc3cc(-c4cnc([C@@H](N)C(C)(C)C)[nH]4)ccc3c2)C1. The number of H-pyrrole nitrogens is 1. The molecular formula is C29H35N5. The molecule has 5 nitrogen and oxygen atoms in total. The van der Waals surface area contributed by atoms with E-state index < -0.39 is 0 Å². The molecule has 4 rings (SSSR count). The number of benzene rings is 2. The average molecular weight is 454 g/mol. The fourth-order valence-corrected chi connectivity index (χ4v) is 3.91. The number of aromatic amines is 1. The van der Waals surface area contributed by atoms with Gasteiger partial charge in [0.1, 0.15) is 5.82 Å². The van der Waals surface area contributed by atoms with Crippen LogP contribution in [0.4, 0.5) is 0 Å². The van der Waals surface area contributed by atoms with E-state index in [0.29, 0.717) is 0 Å². The number of aromatic nitrogens is 2. The Morgan fingerprint density at radius 1 is 0.882 bits per heavy atom. The number of nitrogens with one attached hydrogen (secondary N) is 1. The minimum absolute atomic E-state index is 0.0108. The molecule has 0 spiro atoms. The monoisotopic (exact) mass is 453 g/mol. The smallest absolute Gasteiger partial charge is 0.124 e. The highest BCUT2D eigenvalue weighted by atomic mass is 15.0. The molecule has 2 aromatic carbocycles. The third-order valence-electron chi connectivity index (χ3n) is 6.39. The predicted octanol–water partition coefficient (Wildman–Crippen LogP) is 5.73.